The van der Waals surface area contributed by atoms with Crippen molar-refractivity contribution in [2.75, 3.05) is 11.6 Å². The van der Waals surface area contributed by atoms with Crippen molar-refractivity contribution in [3.8, 4) is 5.75 Å². The first kappa shape index (κ1) is 23.2. The van der Waals surface area contributed by atoms with Crippen LogP contribution in [0, 0.1) is 0 Å². The third-order valence-corrected chi connectivity index (χ3v) is 5.95. The van der Waals surface area contributed by atoms with Crippen LogP contribution in [0.5, 0.6) is 5.75 Å². The number of carbonyl (C=O) groups excluding carboxylic acids is 2. The maximum absolute atomic E-state index is 13.1. The highest BCUT2D eigenvalue weighted by atomic mass is 16.5. The summed E-state index contributed by atoms with van der Waals surface area (Å²) >= 11 is 0. The van der Waals surface area contributed by atoms with Gasteiger partial charge in [0, 0.05) is 11.6 Å². The van der Waals surface area contributed by atoms with Crippen LogP contribution in [0.4, 0.5) is 5.69 Å². The zero-order valence-corrected chi connectivity index (χ0v) is 19.0. The van der Waals surface area contributed by atoms with Gasteiger partial charge in [0.1, 0.15) is 5.75 Å². The molecule has 1 aliphatic heterocycles. The number of rotatable bonds is 7. The molecule has 176 valence electrons. The third-order valence-electron chi connectivity index (χ3n) is 5.95. The molecule has 0 spiro atoms. The van der Waals surface area contributed by atoms with Crippen LogP contribution in [-0.4, -0.2) is 41.3 Å². The Hall–Kier alpha value is -3.94. The highest BCUT2D eigenvalue weighted by Crippen LogP contribution is 2.28. The quantitative estimate of drug-likeness (QED) is 0.606. The monoisotopic (exact) mass is 461 g/mol. The Morgan fingerprint density at radius 3 is 2.68 bits per heavy atom. The number of nitrogens with zero attached hydrogens (tertiary/aromatic N) is 2. The average Bonchev–Trinajstić information content (AvgIpc) is 3.12. The van der Waals surface area contributed by atoms with E-state index in [1.807, 2.05) is 6.07 Å². The Morgan fingerprint density at radius 1 is 1.15 bits per heavy atom. The van der Waals surface area contributed by atoms with Crippen molar-refractivity contribution in [2.45, 2.75) is 45.1 Å². The molecule has 8 heteroatoms. The number of carboxylic acid groups (broad SMARTS) is 1. The van der Waals surface area contributed by atoms with Gasteiger partial charge in [0.2, 0.25) is 0 Å². The first-order valence-corrected chi connectivity index (χ1v) is 11.4. The summed E-state index contributed by atoms with van der Waals surface area (Å²) in [5.74, 6) is -1.12. The molecule has 0 aromatic heterocycles. The standard InChI is InChI=1S/C26H27N3O5/c1-17-22(25(31)29(28-17)21-12-7-9-19(14-21)26(32)33)15-18-8-5-6-13-23(18)34-16-24(30)27-20-10-3-2-4-11-20/h5-9,12-15,20H,2-4,10-11,16H2,1H3,(H,27,30)(H,32,33)/b22-15+. The SMILES string of the molecule is CC1=NN(c2cccc(C(=O)O)c2)C(=O)/C1=C/c1ccccc1OCC(=O)NC1CCCCC1. The molecule has 0 saturated heterocycles. The minimum absolute atomic E-state index is 0.0702. The molecule has 1 heterocycles. The molecule has 34 heavy (non-hydrogen) atoms. The van der Waals surface area contributed by atoms with Crippen LogP contribution in [0.25, 0.3) is 6.08 Å². The molecule has 2 N–H and O–H groups in total. The van der Waals surface area contributed by atoms with Crippen molar-refractivity contribution in [3.63, 3.8) is 0 Å². The van der Waals surface area contributed by atoms with Gasteiger partial charge in [-0.3, -0.25) is 9.59 Å². The van der Waals surface area contributed by atoms with Gasteiger partial charge in [-0.05, 0) is 50.1 Å². The molecule has 2 aromatic carbocycles. The predicted octanol–water partition coefficient (Wildman–Crippen LogP) is 4.02. The Bertz CT molecular complexity index is 1160. The fraction of sp³-hybridized carbons (Fsp3) is 0.308. The fourth-order valence-corrected chi connectivity index (χ4v) is 4.18. The number of ether oxygens (including phenoxy) is 1. The van der Waals surface area contributed by atoms with E-state index in [4.69, 9.17) is 4.74 Å². The zero-order valence-electron chi connectivity index (χ0n) is 19.0. The van der Waals surface area contributed by atoms with E-state index in [2.05, 4.69) is 10.4 Å². The number of para-hydroxylation sites is 1. The Kier molecular flexibility index (Phi) is 7.06. The van der Waals surface area contributed by atoms with Crippen molar-refractivity contribution in [1.82, 2.24) is 5.32 Å². The molecule has 2 aromatic rings. The maximum Gasteiger partial charge on any atom is 0.335 e. The van der Waals surface area contributed by atoms with Gasteiger partial charge >= 0.3 is 5.97 Å². The zero-order chi connectivity index (χ0) is 24.1. The molecule has 4 rings (SSSR count). The molecule has 0 bridgehead atoms. The second kappa shape index (κ2) is 10.3. The minimum Gasteiger partial charge on any atom is -0.483 e. The smallest absolute Gasteiger partial charge is 0.335 e. The van der Waals surface area contributed by atoms with E-state index in [1.165, 1.54) is 23.6 Å². The molecule has 0 radical (unpaired) electrons. The van der Waals surface area contributed by atoms with Gasteiger partial charge in [-0.25, -0.2) is 4.79 Å². The van der Waals surface area contributed by atoms with Crippen LogP contribution in [0.2, 0.25) is 0 Å². The van der Waals surface area contributed by atoms with Gasteiger partial charge in [0.25, 0.3) is 11.8 Å². The molecule has 1 fully saturated rings. The lowest BCUT2D eigenvalue weighted by Crippen LogP contribution is -2.39. The average molecular weight is 462 g/mol. The normalized spacial score (nSPS) is 17.6. The van der Waals surface area contributed by atoms with Gasteiger partial charge in [-0.1, -0.05) is 43.5 Å². The Morgan fingerprint density at radius 2 is 1.91 bits per heavy atom. The number of hydrogen-bond acceptors (Lipinski definition) is 5. The third kappa shape index (κ3) is 5.33. The van der Waals surface area contributed by atoms with E-state index in [0.717, 1.165) is 25.7 Å². The topological polar surface area (TPSA) is 108 Å². The molecular formula is C26H27N3O5. The number of carboxylic acids is 1. The summed E-state index contributed by atoms with van der Waals surface area (Å²) in [7, 11) is 0. The van der Waals surface area contributed by atoms with Crippen LogP contribution in [0.3, 0.4) is 0 Å². The Balaban J connectivity index is 1.48. The van der Waals surface area contributed by atoms with E-state index in [-0.39, 0.29) is 30.0 Å². The van der Waals surface area contributed by atoms with Crippen LogP contribution in [-0.2, 0) is 9.59 Å². The number of aromatic carboxylic acids is 1. The van der Waals surface area contributed by atoms with Crippen LogP contribution in [0.1, 0.15) is 54.9 Å². The summed E-state index contributed by atoms with van der Waals surface area (Å²) in [6.07, 6.45) is 7.16. The maximum atomic E-state index is 13.1. The number of nitrogens with one attached hydrogen (secondary N) is 1. The molecule has 0 atom stereocenters. The Labute approximate surface area is 197 Å². The van der Waals surface area contributed by atoms with Gasteiger partial charge in [-0.2, -0.15) is 10.1 Å². The number of carbonyl (C=O) groups is 3. The molecule has 1 saturated carbocycles. The molecule has 2 amide bonds. The second-order valence-corrected chi connectivity index (χ2v) is 8.44. The van der Waals surface area contributed by atoms with Crippen LogP contribution in [0.15, 0.2) is 59.2 Å². The molecule has 1 aliphatic carbocycles. The first-order valence-electron chi connectivity index (χ1n) is 11.4. The van der Waals surface area contributed by atoms with E-state index in [1.54, 1.807) is 43.3 Å². The second-order valence-electron chi connectivity index (χ2n) is 8.44. The van der Waals surface area contributed by atoms with E-state index < -0.39 is 5.97 Å². The van der Waals surface area contributed by atoms with Crippen molar-refractivity contribution in [2.24, 2.45) is 5.10 Å². The number of hydrogen-bond donors (Lipinski definition) is 2. The molecule has 2 aliphatic rings. The van der Waals surface area contributed by atoms with E-state index in [0.29, 0.717) is 28.3 Å². The summed E-state index contributed by atoms with van der Waals surface area (Å²) < 4.78 is 5.79. The number of anilines is 1. The van der Waals surface area contributed by atoms with Gasteiger partial charge < -0.3 is 15.2 Å². The minimum atomic E-state index is -1.08. The molecular weight excluding hydrogens is 434 g/mol. The van der Waals surface area contributed by atoms with Gasteiger partial charge in [-0.15, -0.1) is 0 Å². The van der Waals surface area contributed by atoms with Gasteiger partial charge in [0.15, 0.2) is 6.61 Å². The lowest BCUT2D eigenvalue weighted by Gasteiger charge is -2.22. The van der Waals surface area contributed by atoms with Crippen LogP contribution < -0.4 is 15.1 Å². The van der Waals surface area contributed by atoms with Crippen molar-refractivity contribution < 1.29 is 24.2 Å². The van der Waals surface area contributed by atoms with Crippen molar-refractivity contribution in [1.29, 1.82) is 0 Å². The summed E-state index contributed by atoms with van der Waals surface area (Å²) in [4.78, 5) is 36.7. The van der Waals surface area contributed by atoms with E-state index >= 15 is 0 Å². The van der Waals surface area contributed by atoms with Crippen LogP contribution >= 0.6 is 0 Å². The fourth-order valence-electron chi connectivity index (χ4n) is 4.18. The summed E-state index contributed by atoms with van der Waals surface area (Å²) in [6.45, 7) is 1.61. The van der Waals surface area contributed by atoms with Crippen molar-refractivity contribution >= 4 is 35.3 Å². The largest absolute Gasteiger partial charge is 0.483 e. The van der Waals surface area contributed by atoms with Gasteiger partial charge in [0.05, 0.1) is 22.5 Å². The summed E-state index contributed by atoms with van der Waals surface area (Å²) in [6, 6.07) is 13.4. The predicted molar refractivity (Wildman–Crippen MR) is 129 cm³/mol. The highest BCUT2D eigenvalue weighted by Gasteiger charge is 2.29. The number of benzene rings is 2. The van der Waals surface area contributed by atoms with E-state index in [9.17, 15) is 19.5 Å². The molecule has 8 nitrogen and oxygen atoms in total. The molecule has 0 unspecified atom stereocenters. The lowest BCUT2D eigenvalue weighted by atomic mass is 9.95. The summed E-state index contributed by atoms with van der Waals surface area (Å²) in [5, 5.41) is 17.8. The lowest BCUT2D eigenvalue weighted by molar-refractivity contribution is -0.124. The van der Waals surface area contributed by atoms with Crippen molar-refractivity contribution in [3.05, 3.63) is 65.2 Å². The highest BCUT2D eigenvalue weighted by molar-refractivity contribution is 6.32. The number of amides is 2. The first-order chi connectivity index (χ1) is 16.4. The summed E-state index contributed by atoms with van der Waals surface area (Å²) in [5.41, 5.74) is 1.95. The number of hydrazone groups is 1.